The van der Waals surface area contributed by atoms with Gasteiger partial charge in [-0.25, -0.2) is 4.98 Å². The molecule has 8 nitrogen and oxygen atoms in total. The van der Waals surface area contributed by atoms with Crippen molar-refractivity contribution < 1.29 is 19.1 Å². The lowest BCUT2D eigenvalue weighted by Gasteiger charge is -2.26. The summed E-state index contributed by atoms with van der Waals surface area (Å²) in [5.74, 6) is -0.238. The Bertz CT molecular complexity index is 944. The number of likely N-dealkylation sites (N-methyl/N-ethyl adjacent to an activating group) is 1. The van der Waals surface area contributed by atoms with Crippen LogP contribution in [0.25, 0.3) is 10.2 Å². The van der Waals surface area contributed by atoms with Crippen LogP contribution < -0.4 is 9.64 Å². The van der Waals surface area contributed by atoms with E-state index in [0.717, 1.165) is 28.3 Å². The van der Waals surface area contributed by atoms with Crippen LogP contribution in [0, 0.1) is 6.92 Å². The van der Waals surface area contributed by atoms with Gasteiger partial charge in [-0.05, 0) is 31.6 Å². The number of anilines is 1. The number of hydrogen-bond donors (Lipinski definition) is 0. The number of halogens is 1. The summed E-state index contributed by atoms with van der Waals surface area (Å²) in [6.45, 7) is 8.73. The zero-order valence-electron chi connectivity index (χ0n) is 18.3. The molecule has 0 N–H and O–H groups in total. The first-order valence-corrected chi connectivity index (χ1v) is 11.0. The molecule has 10 heteroatoms. The molecule has 0 saturated carbocycles. The first kappa shape index (κ1) is 25.0. The van der Waals surface area contributed by atoms with Gasteiger partial charge in [0.15, 0.2) is 5.13 Å². The Morgan fingerprint density at radius 1 is 1.16 bits per heavy atom. The Balaban J connectivity index is 0.00000341. The standard InChI is InChI=1S/C21H28N4O4S.ClH/c1-5-23(6-2)11-12-24(18(28)13-25-16(26)9-10-17(25)27)21-22-19-15(29-4)8-7-14(3)20(19)30-21;/h7-8H,5-6,9-13H2,1-4H3;1H. The number of hydrogen-bond acceptors (Lipinski definition) is 7. The molecule has 1 aromatic carbocycles. The molecule has 0 aliphatic carbocycles. The van der Waals surface area contributed by atoms with Gasteiger partial charge in [-0.1, -0.05) is 31.3 Å². The fourth-order valence-corrected chi connectivity index (χ4v) is 4.60. The van der Waals surface area contributed by atoms with Gasteiger partial charge in [0.25, 0.3) is 0 Å². The second-order valence-corrected chi connectivity index (χ2v) is 8.18. The lowest BCUT2D eigenvalue weighted by atomic mass is 10.2. The number of fused-ring (bicyclic) bond motifs is 1. The third kappa shape index (κ3) is 5.34. The SMILES string of the molecule is CCN(CC)CCN(C(=O)CN1C(=O)CCC1=O)c1nc2c(OC)ccc(C)c2s1.Cl. The molecule has 2 heterocycles. The number of methoxy groups -OCH3 is 1. The van der Waals surface area contributed by atoms with Crippen molar-refractivity contribution >= 4 is 56.8 Å². The zero-order valence-corrected chi connectivity index (χ0v) is 20.0. The molecule has 1 aliphatic rings. The molecule has 170 valence electrons. The Kier molecular flexibility index (Phi) is 8.79. The molecule has 0 radical (unpaired) electrons. The summed E-state index contributed by atoms with van der Waals surface area (Å²) in [7, 11) is 1.59. The van der Waals surface area contributed by atoms with E-state index in [0.29, 0.717) is 29.5 Å². The van der Waals surface area contributed by atoms with Gasteiger partial charge >= 0.3 is 0 Å². The Labute approximate surface area is 192 Å². The predicted molar refractivity (Wildman–Crippen MR) is 124 cm³/mol. The number of aryl methyl sites for hydroxylation is 1. The summed E-state index contributed by atoms with van der Waals surface area (Å²) < 4.78 is 6.40. The summed E-state index contributed by atoms with van der Waals surface area (Å²) in [5, 5.41) is 0.550. The van der Waals surface area contributed by atoms with Crippen molar-refractivity contribution in [3.8, 4) is 5.75 Å². The van der Waals surface area contributed by atoms with Gasteiger partial charge in [-0.3, -0.25) is 24.2 Å². The van der Waals surface area contributed by atoms with Crippen LogP contribution in [0.5, 0.6) is 5.75 Å². The van der Waals surface area contributed by atoms with Crippen molar-refractivity contribution in [1.82, 2.24) is 14.8 Å². The average molecular weight is 469 g/mol. The lowest BCUT2D eigenvalue weighted by molar-refractivity contribution is -0.141. The van der Waals surface area contributed by atoms with Gasteiger partial charge < -0.3 is 9.64 Å². The van der Waals surface area contributed by atoms with Gasteiger partial charge in [0.1, 0.15) is 17.8 Å². The van der Waals surface area contributed by atoms with E-state index in [9.17, 15) is 14.4 Å². The van der Waals surface area contributed by atoms with Crippen LogP contribution in [0.2, 0.25) is 0 Å². The molecule has 0 spiro atoms. The molecule has 1 aromatic heterocycles. The number of rotatable bonds is 9. The highest BCUT2D eigenvalue weighted by Gasteiger charge is 2.33. The molecule has 0 bridgehead atoms. The van der Waals surface area contributed by atoms with E-state index in [4.69, 9.17) is 9.72 Å². The summed E-state index contributed by atoms with van der Waals surface area (Å²) in [5.41, 5.74) is 1.77. The fourth-order valence-electron chi connectivity index (χ4n) is 3.51. The van der Waals surface area contributed by atoms with Crippen LogP contribution in [0.1, 0.15) is 32.3 Å². The number of likely N-dealkylation sites (tertiary alicyclic amines) is 1. The van der Waals surface area contributed by atoms with E-state index in [1.807, 2.05) is 19.1 Å². The molecule has 3 rings (SSSR count). The highest BCUT2D eigenvalue weighted by molar-refractivity contribution is 7.22. The lowest BCUT2D eigenvalue weighted by Crippen LogP contribution is -2.45. The maximum Gasteiger partial charge on any atom is 0.248 e. The largest absolute Gasteiger partial charge is 0.494 e. The minimum absolute atomic E-state index is 0. The van der Waals surface area contributed by atoms with Crippen molar-refractivity contribution in [2.45, 2.75) is 33.6 Å². The maximum atomic E-state index is 13.2. The number of thiazole rings is 1. The highest BCUT2D eigenvalue weighted by atomic mass is 35.5. The third-order valence-electron chi connectivity index (χ3n) is 5.43. The average Bonchev–Trinajstić information content (AvgIpc) is 3.31. The van der Waals surface area contributed by atoms with Crippen molar-refractivity contribution in [1.29, 1.82) is 0 Å². The molecule has 1 aliphatic heterocycles. The monoisotopic (exact) mass is 468 g/mol. The van der Waals surface area contributed by atoms with Crippen LogP contribution in [-0.2, 0) is 14.4 Å². The van der Waals surface area contributed by atoms with Crippen molar-refractivity contribution in [2.75, 3.05) is 44.7 Å². The first-order chi connectivity index (χ1) is 14.4. The van der Waals surface area contributed by atoms with Crippen molar-refractivity contribution in [3.05, 3.63) is 17.7 Å². The number of aromatic nitrogens is 1. The number of ether oxygens (including phenoxy) is 1. The smallest absolute Gasteiger partial charge is 0.248 e. The van der Waals surface area contributed by atoms with Crippen LogP contribution in [-0.4, -0.2) is 72.3 Å². The molecule has 1 saturated heterocycles. The van der Waals surface area contributed by atoms with Crippen LogP contribution >= 0.6 is 23.7 Å². The molecule has 31 heavy (non-hydrogen) atoms. The third-order valence-corrected chi connectivity index (χ3v) is 6.64. The second-order valence-electron chi connectivity index (χ2n) is 7.20. The van der Waals surface area contributed by atoms with Crippen molar-refractivity contribution in [3.63, 3.8) is 0 Å². The molecule has 1 fully saturated rings. The van der Waals surface area contributed by atoms with Crippen LogP contribution in [0.15, 0.2) is 12.1 Å². The first-order valence-electron chi connectivity index (χ1n) is 10.2. The molecular weight excluding hydrogens is 440 g/mol. The molecule has 3 amide bonds. The number of carbonyl (C=O) groups excluding carboxylic acids is 3. The second kappa shape index (κ2) is 10.9. The molecule has 0 unspecified atom stereocenters. The quantitative estimate of drug-likeness (QED) is 0.526. The fraction of sp³-hybridized carbons (Fsp3) is 0.524. The van der Waals surface area contributed by atoms with Gasteiger partial charge in [-0.2, -0.15) is 0 Å². The zero-order chi connectivity index (χ0) is 21.8. The van der Waals surface area contributed by atoms with E-state index >= 15 is 0 Å². The maximum absolute atomic E-state index is 13.2. The normalized spacial score (nSPS) is 13.8. The molecule has 0 atom stereocenters. The summed E-state index contributed by atoms with van der Waals surface area (Å²) in [6.07, 6.45) is 0.339. The van der Waals surface area contributed by atoms with Gasteiger partial charge in [0.05, 0.1) is 11.8 Å². The van der Waals surface area contributed by atoms with E-state index in [2.05, 4.69) is 18.7 Å². The van der Waals surface area contributed by atoms with Crippen molar-refractivity contribution in [2.24, 2.45) is 0 Å². The predicted octanol–water partition coefficient (Wildman–Crippen LogP) is 2.86. The Morgan fingerprint density at radius 3 is 2.39 bits per heavy atom. The Hall–Kier alpha value is -2.23. The topological polar surface area (TPSA) is 83.0 Å². The van der Waals surface area contributed by atoms with Crippen LogP contribution in [0.3, 0.4) is 0 Å². The van der Waals surface area contributed by atoms with Crippen LogP contribution in [0.4, 0.5) is 5.13 Å². The van der Waals surface area contributed by atoms with Gasteiger partial charge in [-0.15, -0.1) is 12.4 Å². The minimum Gasteiger partial charge on any atom is -0.494 e. The Morgan fingerprint density at radius 2 is 1.81 bits per heavy atom. The number of carbonyl (C=O) groups is 3. The van der Waals surface area contributed by atoms with E-state index in [1.54, 1.807) is 12.0 Å². The highest BCUT2D eigenvalue weighted by Crippen LogP contribution is 2.36. The molecule has 2 aromatic rings. The van der Waals surface area contributed by atoms with E-state index in [-0.39, 0.29) is 49.5 Å². The number of nitrogens with zero attached hydrogens (tertiary/aromatic N) is 4. The minimum atomic E-state index is -0.304. The summed E-state index contributed by atoms with van der Waals surface area (Å²) in [4.78, 5) is 46.8. The summed E-state index contributed by atoms with van der Waals surface area (Å²) in [6, 6.07) is 3.83. The summed E-state index contributed by atoms with van der Waals surface area (Å²) >= 11 is 1.42. The molecular formula is C21H29ClN4O4S. The van der Waals surface area contributed by atoms with Gasteiger partial charge in [0.2, 0.25) is 17.7 Å². The van der Waals surface area contributed by atoms with E-state index < -0.39 is 0 Å². The number of imide groups is 1. The number of benzene rings is 1. The number of amides is 3. The van der Waals surface area contributed by atoms with E-state index in [1.165, 1.54) is 11.3 Å². The van der Waals surface area contributed by atoms with Gasteiger partial charge in [0, 0.05) is 25.9 Å².